The highest BCUT2D eigenvalue weighted by atomic mass is 32.2. The second kappa shape index (κ2) is 8.85. The molecule has 0 unspecified atom stereocenters. The van der Waals surface area contributed by atoms with Gasteiger partial charge in [-0.1, -0.05) is 30.3 Å². The largest absolute Gasteiger partial charge is 0.417 e. The van der Waals surface area contributed by atoms with Crippen LogP contribution in [0.1, 0.15) is 11.3 Å². The predicted molar refractivity (Wildman–Crippen MR) is 119 cm³/mol. The molecule has 4 aromatic rings. The minimum Gasteiger partial charge on any atom is -0.261 e. The van der Waals surface area contributed by atoms with Crippen LogP contribution >= 0.6 is 0 Å². The van der Waals surface area contributed by atoms with Crippen molar-refractivity contribution in [2.45, 2.75) is 22.4 Å². The fraction of sp³-hybridized carbons (Fsp3) is 0.136. The average Bonchev–Trinajstić information content (AvgIpc) is 3.21. The zero-order chi connectivity index (χ0) is 24.6. The van der Waals surface area contributed by atoms with E-state index in [1.54, 1.807) is 24.3 Å². The first-order valence-electron chi connectivity index (χ1n) is 9.93. The minimum absolute atomic E-state index is 0.147. The van der Waals surface area contributed by atoms with Crippen LogP contribution in [0.5, 0.6) is 0 Å². The van der Waals surface area contributed by atoms with E-state index in [-0.39, 0.29) is 17.9 Å². The summed E-state index contributed by atoms with van der Waals surface area (Å²) in [5.41, 5.74) is -1.07. The number of hydrogen-bond donors (Lipinski definition) is 1. The molecule has 4 rings (SSSR count). The van der Waals surface area contributed by atoms with E-state index in [4.69, 9.17) is 0 Å². The van der Waals surface area contributed by atoms with Gasteiger partial charge in [0.15, 0.2) is 0 Å². The van der Waals surface area contributed by atoms with Gasteiger partial charge in [-0.15, -0.1) is 0 Å². The summed E-state index contributed by atoms with van der Waals surface area (Å²) in [6, 6.07) is 15.0. The van der Waals surface area contributed by atoms with Crippen LogP contribution in [-0.4, -0.2) is 32.3 Å². The summed E-state index contributed by atoms with van der Waals surface area (Å²) < 4.78 is 96.8. The van der Waals surface area contributed by atoms with Gasteiger partial charge >= 0.3 is 6.18 Å². The Morgan fingerprint density at radius 3 is 2.24 bits per heavy atom. The van der Waals surface area contributed by atoms with Gasteiger partial charge in [0.25, 0.3) is 10.0 Å². The van der Waals surface area contributed by atoms with Crippen LogP contribution in [-0.2, 0) is 32.6 Å². The normalized spacial score (nSPS) is 12.8. The molecular formula is C22H18F3N3O4S2. The Labute approximate surface area is 194 Å². The molecule has 0 saturated carbocycles. The van der Waals surface area contributed by atoms with Gasteiger partial charge in [0.1, 0.15) is 4.90 Å². The maximum Gasteiger partial charge on any atom is 0.417 e. The number of sulfonamides is 1. The highest BCUT2D eigenvalue weighted by molar-refractivity contribution is 7.91. The van der Waals surface area contributed by atoms with Crippen molar-refractivity contribution in [3.8, 4) is 0 Å². The van der Waals surface area contributed by atoms with Crippen molar-refractivity contribution in [1.82, 2.24) is 13.7 Å². The molecule has 0 aliphatic carbocycles. The molecule has 0 amide bonds. The standard InChI is InChI=1S/C22H18F3N3O4S2/c23-22(24,25)18-10-6-11-19-21(18)20(15-28(19)34(31,32)17-8-2-1-3-9-17)33(29,30)27-14-12-16-7-4-5-13-26-16/h1-11,13,15,27H,12,14H2. The molecule has 34 heavy (non-hydrogen) atoms. The summed E-state index contributed by atoms with van der Waals surface area (Å²) in [6.07, 6.45) is -2.49. The van der Waals surface area contributed by atoms with Gasteiger partial charge in [-0.3, -0.25) is 4.98 Å². The third kappa shape index (κ3) is 4.56. The van der Waals surface area contributed by atoms with Crippen molar-refractivity contribution in [1.29, 1.82) is 0 Å². The van der Waals surface area contributed by atoms with Crippen molar-refractivity contribution in [3.05, 3.63) is 90.4 Å². The van der Waals surface area contributed by atoms with Crippen LogP contribution in [0.3, 0.4) is 0 Å². The molecular weight excluding hydrogens is 491 g/mol. The fourth-order valence-corrected chi connectivity index (χ4v) is 6.21. The van der Waals surface area contributed by atoms with Crippen LogP contribution in [0.2, 0.25) is 0 Å². The van der Waals surface area contributed by atoms with E-state index in [1.165, 1.54) is 30.5 Å². The number of aromatic nitrogens is 2. The number of alkyl halides is 3. The number of benzene rings is 2. The van der Waals surface area contributed by atoms with Crippen molar-refractivity contribution in [2.24, 2.45) is 0 Å². The van der Waals surface area contributed by atoms with Crippen molar-refractivity contribution in [2.75, 3.05) is 6.54 Å². The number of nitrogens with one attached hydrogen (secondary N) is 1. The highest BCUT2D eigenvalue weighted by Crippen LogP contribution is 2.39. The van der Waals surface area contributed by atoms with E-state index in [2.05, 4.69) is 9.71 Å². The molecule has 12 heteroatoms. The summed E-state index contributed by atoms with van der Waals surface area (Å²) in [6.45, 7) is -0.147. The molecule has 0 radical (unpaired) electrons. The highest BCUT2D eigenvalue weighted by Gasteiger charge is 2.37. The molecule has 0 bridgehead atoms. The lowest BCUT2D eigenvalue weighted by atomic mass is 10.1. The van der Waals surface area contributed by atoms with Crippen LogP contribution in [0, 0.1) is 0 Å². The SMILES string of the molecule is O=S(=O)(NCCc1ccccn1)c1cn(S(=O)(=O)c2ccccc2)c2cccc(C(F)(F)F)c12. The Morgan fingerprint density at radius 1 is 0.882 bits per heavy atom. The topological polar surface area (TPSA) is 98.1 Å². The first-order chi connectivity index (χ1) is 16.0. The van der Waals surface area contributed by atoms with Crippen molar-refractivity contribution >= 4 is 30.9 Å². The molecule has 7 nitrogen and oxygen atoms in total. The zero-order valence-electron chi connectivity index (χ0n) is 17.4. The van der Waals surface area contributed by atoms with Crippen LogP contribution in [0.25, 0.3) is 10.9 Å². The van der Waals surface area contributed by atoms with E-state index >= 15 is 0 Å². The lowest BCUT2D eigenvalue weighted by Gasteiger charge is -2.11. The summed E-state index contributed by atoms with van der Waals surface area (Å²) in [5.74, 6) is 0. The second-order valence-electron chi connectivity index (χ2n) is 7.27. The minimum atomic E-state index is -4.92. The summed E-state index contributed by atoms with van der Waals surface area (Å²) in [4.78, 5) is 3.09. The zero-order valence-corrected chi connectivity index (χ0v) is 19.0. The van der Waals surface area contributed by atoms with Gasteiger partial charge < -0.3 is 0 Å². The Balaban J connectivity index is 1.86. The predicted octanol–water partition coefficient (Wildman–Crippen LogP) is 3.81. The number of rotatable bonds is 7. The van der Waals surface area contributed by atoms with Crippen molar-refractivity contribution < 1.29 is 30.0 Å². The Kier molecular flexibility index (Phi) is 6.23. The molecule has 178 valence electrons. The van der Waals surface area contributed by atoms with E-state index in [1.807, 2.05) is 0 Å². The molecule has 0 spiro atoms. The third-order valence-corrected chi connectivity index (χ3v) is 8.22. The van der Waals surface area contributed by atoms with Gasteiger partial charge in [0.05, 0.1) is 16.0 Å². The molecule has 2 aromatic carbocycles. The molecule has 1 N–H and O–H groups in total. The number of nitrogens with zero attached hydrogens (tertiary/aromatic N) is 2. The van der Waals surface area contributed by atoms with E-state index in [0.29, 0.717) is 21.9 Å². The molecule has 2 heterocycles. The number of pyridine rings is 1. The molecule has 0 atom stereocenters. The lowest BCUT2D eigenvalue weighted by molar-refractivity contribution is -0.136. The lowest BCUT2D eigenvalue weighted by Crippen LogP contribution is -2.26. The van der Waals surface area contributed by atoms with Gasteiger partial charge in [-0.2, -0.15) is 13.2 Å². The molecule has 2 aromatic heterocycles. The van der Waals surface area contributed by atoms with Gasteiger partial charge in [0, 0.05) is 36.4 Å². The van der Waals surface area contributed by atoms with E-state index in [0.717, 1.165) is 12.1 Å². The monoisotopic (exact) mass is 509 g/mol. The Bertz CT molecular complexity index is 1540. The Hall–Kier alpha value is -3.22. The van der Waals surface area contributed by atoms with Crippen LogP contribution in [0.15, 0.2) is 88.9 Å². The number of hydrogen-bond acceptors (Lipinski definition) is 5. The maximum atomic E-state index is 13.8. The average molecular weight is 510 g/mol. The number of halogens is 3. The quantitative estimate of drug-likeness (QED) is 0.409. The molecule has 0 fully saturated rings. The fourth-order valence-electron chi connectivity index (χ4n) is 3.51. The van der Waals surface area contributed by atoms with Gasteiger partial charge in [-0.05, 0) is 36.4 Å². The third-order valence-electron chi connectivity index (χ3n) is 5.06. The molecule has 0 saturated heterocycles. The Morgan fingerprint density at radius 2 is 1.59 bits per heavy atom. The van der Waals surface area contributed by atoms with Crippen molar-refractivity contribution in [3.63, 3.8) is 0 Å². The van der Waals surface area contributed by atoms with Gasteiger partial charge in [-0.25, -0.2) is 25.5 Å². The first kappa shape index (κ1) is 23.9. The summed E-state index contributed by atoms with van der Waals surface area (Å²) in [7, 11) is -8.91. The summed E-state index contributed by atoms with van der Waals surface area (Å²) in [5, 5.41) is -0.722. The second-order valence-corrected chi connectivity index (χ2v) is 10.8. The maximum absolute atomic E-state index is 13.8. The summed E-state index contributed by atoms with van der Waals surface area (Å²) >= 11 is 0. The van der Waals surface area contributed by atoms with Crippen LogP contribution in [0.4, 0.5) is 13.2 Å². The number of fused-ring (bicyclic) bond motifs is 1. The van der Waals surface area contributed by atoms with Gasteiger partial charge in [0.2, 0.25) is 10.0 Å². The smallest absolute Gasteiger partial charge is 0.261 e. The van der Waals surface area contributed by atoms with Crippen LogP contribution < -0.4 is 4.72 Å². The van der Waals surface area contributed by atoms with E-state index < -0.39 is 47.6 Å². The van der Waals surface area contributed by atoms with E-state index in [9.17, 15) is 30.0 Å². The molecule has 0 aliphatic heterocycles. The molecule has 0 aliphatic rings. The first-order valence-corrected chi connectivity index (χ1v) is 12.9.